The summed E-state index contributed by atoms with van der Waals surface area (Å²) in [5.74, 6) is 0. The van der Waals surface area contributed by atoms with Gasteiger partial charge >= 0.3 is 0 Å². The van der Waals surface area contributed by atoms with Crippen LogP contribution in [0.2, 0.25) is 0 Å². The van der Waals surface area contributed by atoms with Gasteiger partial charge in [0.15, 0.2) is 5.65 Å². The quantitative estimate of drug-likeness (QED) is 0.802. The number of aromatic nitrogens is 4. The molecule has 3 aromatic rings. The lowest BCUT2D eigenvalue weighted by molar-refractivity contribution is 0.282. The molecular weight excluding hydrogens is 264 g/mol. The molecule has 1 aromatic carbocycles. The molecule has 0 aliphatic rings. The molecule has 108 valence electrons. The van der Waals surface area contributed by atoms with Gasteiger partial charge < -0.3 is 9.67 Å². The van der Waals surface area contributed by atoms with Crippen molar-refractivity contribution in [3.63, 3.8) is 0 Å². The molecule has 0 amide bonds. The van der Waals surface area contributed by atoms with Crippen LogP contribution in [0.15, 0.2) is 30.9 Å². The molecule has 2 heterocycles. The van der Waals surface area contributed by atoms with E-state index in [1.807, 2.05) is 29.7 Å². The molecule has 0 aliphatic carbocycles. The second kappa shape index (κ2) is 5.26. The Morgan fingerprint density at radius 1 is 1.19 bits per heavy atom. The molecule has 0 aliphatic heterocycles. The number of nitrogens with zero attached hydrogens (tertiary/aromatic N) is 4. The minimum absolute atomic E-state index is 0.0204. The fourth-order valence-electron chi connectivity index (χ4n) is 2.51. The molecule has 3 rings (SSSR count). The molecule has 0 saturated heterocycles. The summed E-state index contributed by atoms with van der Waals surface area (Å²) in [4.78, 5) is 13.2. The maximum atomic E-state index is 9.60. The van der Waals surface area contributed by atoms with Gasteiger partial charge in [0, 0.05) is 11.6 Å². The van der Waals surface area contributed by atoms with Crippen LogP contribution in [-0.2, 0) is 6.61 Å². The number of fused-ring (bicyclic) bond motifs is 1. The summed E-state index contributed by atoms with van der Waals surface area (Å²) in [6.45, 7) is 6.17. The van der Waals surface area contributed by atoms with E-state index in [-0.39, 0.29) is 12.6 Å². The molecule has 2 aromatic heterocycles. The van der Waals surface area contributed by atoms with Crippen molar-refractivity contribution in [1.29, 1.82) is 0 Å². The predicted molar refractivity (Wildman–Crippen MR) is 81.8 cm³/mol. The van der Waals surface area contributed by atoms with Gasteiger partial charge in [-0.1, -0.05) is 23.8 Å². The van der Waals surface area contributed by atoms with Crippen LogP contribution in [0.1, 0.15) is 31.0 Å². The van der Waals surface area contributed by atoms with E-state index in [0.717, 1.165) is 33.5 Å². The van der Waals surface area contributed by atoms with Crippen molar-refractivity contribution >= 4 is 11.2 Å². The van der Waals surface area contributed by atoms with Crippen LogP contribution < -0.4 is 0 Å². The lowest BCUT2D eigenvalue weighted by Crippen LogP contribution is -2.00. The number of aliphatic hydroxyl groups is 1. The third-order valence-electron chi connectivity index (χ3n) is 3.60. The minimum atomic E-state index is -0.0204. The lowest BCUT2D eigenvalue weighted by atomic mass is 10.0. The lowest BCUT2D eigenvalue weighted by Gasteiger charge is -2.10. The number of aryl methyl sites for hydroxylation is 1. The first-order chi connectivity index (χ1) is 10.1. The van der Waals surface area contributed by atoms with Crippen molar-refractivity contribution in [2.45, 2.75) is 33.4 Å². The summed E-state index contributed by atoms with van der Waals surface area (Å²) in [5, 5.41) is 9.60. The highest BCUT2D eigenvalue weighted by Crippen LogP contribution is 2.28. The van der Waals surface area contributed by atoms with Crippen molar-refractivity contribution in [2.24, 2.45) is 0 Å². The second-order valence-corrected chi connectivity index (χ2v) is 5.46. The molecular formula is C16H18N4O. The van der Waals surface area contributed by atoms with E-state index < -0.39 is 0 Å². The number of hydrogen-bond donors (Lipinski definition) is 1. The van der Waals surface area contributed by atoms with Crippen molar-refractivity contribution < 1.29 is 5.11 Å². The number of imidazole rings is 1. The van der Waals surface area contributed by atoms with Gasteiger partial charge in [-0.05, 0) is 26.3 Å². The first kappa shape index (κ1) is 13.7. The van der Waals surface area contributed by atoms with Crippen LogP contribution in [-0.4, -0.2) is 24.6 Å². The SMILES string of the molecule is Cc1ccc(-c2ncnc3c2ncn3C(C)C)c(CO)c1. The summed E-state index contributed by atoms with van der Waals surface area (Å²) in [7, 11) is 0. The third kappa shape index (κ3) is 2.29. The minimum Gasteiger partial charge on any atom is -0.392 e. The van der Waals surface area contributed by atoms with Gasteiger partial charge in [0.05, 0.1) is 12.9 Å². The van der Waals surface area contributed by atoms with Crippen LogP contribution in [0.4, 0.5) is 0 Å². The zero-order chi connectivity index (χ0) is 15.0. The summed E-state index contributed by atoms with van der Waals surface area (Å²) in [6, 6.07) is 6.26. The maximum Gasteiger partial charge on any atom is 0.164 e. The number of hydrogen-bond acceptors (Lipinski definition) is 4. The van der Waals surface area contributed by atoms with E-state index in [1.165, 1.54) is 0 Å². The Balaban J connectivity index is 2.26. The molecule has 1 N–H and O–H groups in total. The normalized spacial score (nSPS) is 11.5. The van der Waals surface area contributed by atoms with Crippen molar-refractivity contribution in [1.82, 2.24) is 19.5 Å². The van der Waals surface area contributed by atoms with Gasteiger partial charge in [-0.25, -0.2) is 15.0 Å². The summed E-state index contributed by atoms with van der Waals surface area (Å²) < 4.78 is 2.02. The molecule has 0 atom stereocenters. The molecule has 21 heavy (non-hydrogen) atoms. The summed E-state index contributed by atoms with van der Waals surface area (Å²) in [6.07, 6.45) is 3.35. The topological polar surface area (TPSA) is 63.8 Å². The van der Waals surface area contributed by atoms with E-state index >= 15 is 0 Å². The fourth-order valence-corrected chi connectivity index (χ4v) is 2.51. The molecule has 5 heteroatoms. The monoisotopic (exact) mass is 282 g/mol. The Bertz CT molecular complexity index is 792. The standard InChI is InChI=1S/C16H18N4O/c1-10(2)20-9-19-15-14(17-8-18-16(15)20)13-5-4-11(3)6-12(13)7-21/h4-6,8-10,21H,7H2,1-3H3. The Morgan fingerprint density at radius 3 is 2.71 bits per heavy atom. The van der Waals surface area contributed by atoms with Crippen LogP contribution in [0, 0.1) is 6.92 Å². The van der Waals surface area contributed by atoms with Gasteiger partial charge in [0.1, 0.15) is 17.5 Å². The first-order valence-electron chi connectivity index (χ1n) is 7.00. The Kier molecular flexibility index (Phi) is 3.43. The van der Waals surface area contributed by atoms with Crippen LogP contribution in [0.3, 0.4) is 0 Å². The number of aliphatic hydroxyl groups excluding tert-OH is 1. The largest absolute Gasteiger partial charge is 0.392 e. The third-order valence-corrected chi connectivity index (χ3v) is 3.60. The highest BCUT2D eigenvalue weighted by molar-refractivity contribution is 5.88. The van der Waals surface area contributed by atoms with Crippen molar-refractivity contribution in [3.05, 3.63) is 42.0 Å². The van der Waals surface area contributed by atoms with Gasteiger partial charge in [-0.2, -0.15) is 0 Å². The Morgan fingerprint density at radius 2 is 2.00 bits per heavy atom. The number of rotatable bonds is 3. The second-order valence-electron chi connectivity index (χ2n) is 5.46. The van der Waals surface area contributed by atoms with E-state index in [9.17, 15) is 5.11 Å². The van der Waals surface area contributed by atoms with Crippen LogP contribution in [0.25, 0.3) is 22.4 Å². The average Bonchev–Trinajstić information content (AvgIpc) is 2.91. The maximum absolute atomic E-state index is 9.60. The van der Waals surface area contributed by atoms with E-state index in [0.29, 0.717) is 0 Å². The summed E-state index contributed by atoms with van der Waals surface area (Å²) in [5.41, 5.74) is 5.23. The van der Waals surface area contributed by atoms with Gasteiger partial charge in [-0.3, -0.25) is 0 Å². The highest BCUT2D eigenvalue weighted by Gasteiger charge is 2.15. The molecule has 0 bridgehead atoms. The van der Waals surface area contributed by atoms with E-state index in [4.69, 9.17) is 0 Å². The van der Waals surface area contributed by atoms with Crippen molar-refractivity contribution in [2.75, 3.05) is 0 Å². The van der Waals surface area contributed by atoms with Gasteiger partial charge in [0.2, 0.25) is 0 Å². The molecule has 0 unspecified atom stereocenters. The van der Waals surface area contributed by atoms with Gasteiger partial charge in [-0.15, -0.1) is 0 Å². The average molecular weight is 282 g/mol. The first-order valence-corrected chi connectivity index (χ1v) is 7.00. The molecule has 0 radical (unpaired) electrons. The molecule has 5 nitrogen and oxygen atoms in total. The number of benzene rings is 1. The zero-order valence-corrected chi connectivity index (χ0v) is 12.4. The van der Waals surface area contributed by atoms with Crippen LogP contribution >= 0.6 is 0 Å². The smallest absolute Gasteiger partial charge is 0.164 e. The van der Waals surface area contributed by atoms with Gasteiger partial charge in [0.25, 0.3) is 0 Å². The Labute approximate surface area is 123 Å². The predicted octanol–water partition coefficient (Wildman–Crippen LogP) is 2.87. The Hall–Kier alpha value is -2.27. The van der Waals surface area contributed by atoms with E-state index in [1.54, 1.807) is 12.7 Å². The van der Waals surface area contributed by atoms with Crippen molar-refractivity contribution in [3.8, 4) is 11.3 Å². The summed E-state index contributed by atoms with van der Waals surface area (Å²) >= 11 is 0. The molecule has 0 fully saturated rings. The molecule has 0 saturated carbocycles. The van der Waals surface area contributed by atoms with E-state index in [2.05, 4.69) is 28.8 Å². The highest BCUT2D eigenvalue weighted by atomic mass is 16.3. The fraction of sp³-hybridized carbons (Fsp3) is 0.312. The molecule has 0 spiro atoms. The van der Waals surface area contributed by atoms with Crippen LogP contribution in [0.5, 0.6) is 0 Å². The zero-order valence-electron chi connectivity index (χ0n) is 12.4.